The fourth-order valence-electron chi connectivity index (χ4n) is 1.89. The Kier molecular flexibility index (Phi) is 3.98. The lowest BCUT2D eigenvalue weighted by molar-refractivity contribution is -0.383. The molecule has 3 N–H and O–H groups in total. The SMILES string of the molecule is CN(Cc1ccsc1)c1cccc(NN)c1[N+](=O)[O-]. The molecular formula is C12H14N4O2S. The van der Waals surface area contributed by atoms with Crippen LogP contribution in [0.25, 0.3) is 0 Å². The van der Waals surface area contributed by atoms with Gasteiger partial charge in [0.15, 0.2) is 0 Å². The summed E-state index contributed by atoms with van der Waals surface area (Å²) >= 11 is 1.60. The van der Waals surface area contributed by atoms with E-state index in [-0.39, 0.29) is 5.69 Å². The molecule has 0 fully saturated rings. The van der Waals surface area contributed by atoms with Crippen molar-refractivity contribution in [3.05, 3.63) is 50.7 Å². The summed E-state index contributed by atoms with van der Waals surface area (Å²) in [7, 11) is 1.82. The number of rotatable bonds is 5. The first-order valence-electron chi connectivity index (χ1n) is 5.59. The Morgan fingerprint density at radius 2 is 2.26 bits per heavy atom. The van der Waals surface area contributed by atoms with Crippen LogP contribution in [0.4, 0.5) is 17.1 Å². The normalized spacial score (nSPS) is 10.2. The van der Waals surface area contributed by atoms with Gasteiger partial charge >= 0.3 is 5.69 Å². The number of nitrogens with zero attached hydrogens (tertiary/aromatic N) is 2. The van der Waals surface area contributed by atoms with E-state index >= 15 is 0 Å². The van der Waals surface area contributed by atoms with Gasteiger partial charge in [-0.2, -0.15) is 11.3 Å². The van der Waals surface area contributed by atoms with Crippen LogP contribution in [0.5, 0.6) is 0 Å². The summed E-state index contributed by atoms with van der Waals surface area (Å²) < 4.78 is 0. The quantitative estimate of drug-likeness (QED) is 0.499. The van der Waals surface area contributed by atoms with Gasteiger partial charge in [-0.1, -0.05) is 6.07 Å². The topological polar surface area (TPSA) is 84.4 Å². The van der Waals surface area contributed by atoms with Crippen molar-refractivity contribution in [2.24, 2.45) is 5.84 Å². The number of nitrogen functional groups attached to an aromatic ring is 1. The lowest BCUT2D eigenvalue weighted by Crippen LogP contribution is -2.18. The molecule has 19 heavy (non-hydrogen) atoms. The monoisotopic (exact) mass is 278 g/mol. The number of hydrazine groups is 1. The van der Waals surface area contributed by atoms with Gasteiger partial charge in [-0.15, -0.1) is 0 Å². The van der Waals surface area contributed by atoms with Gasteiger partial charge in [0.05, 0.1) is 4.92 Å². The fraction of sp³-hybridized carbons (Fsp3) is 0.167. The molecule has 0 bridgehead atoms. The van der Waals surface area contributed by atoms with Crippen LogP contribution < -0.4 is 16.2 Å². The van der Waals surface area contributed by atoms with Crippen molar-refractivity contribution in [3.8, 4) is 0 Å². The number of hydrogen-bond donors (Lipinski definition) is 2. The van der Waals surface area contributed by atoms with E-state index in [1.807, 2.05) is 28.8 Å². The molecule has 2 aromatic rings. The zero-order valence-corrected chi connectivity index (χ0v) is 11.2. The van der Waals surface area contributed by atoms with Crippen molar-refractivity contribution >= 4 is 28.4 Å². The number of nitrogens with one attached hydrogen (secondary N) is 1. The van der Waals surface area contributed by atoms with E-state index in [2.05, 4.69) is 5.43 Å². The van der Waals surface area contributed by atoms with Crippen molar-refractivity contribution in [3.63, 3.8) is 0 Å². The highest BCUT2D eigenvalue weighted by Crippen LogP contribution is 2.35. The molecule has 0 saturated heterocycles. The molecule has 0 aliphatic carbocycles. The largest absolute Gasteiger partial charge is 0.365 e. The molecule has 7 heteroatoms. The third-order valence-corrected chi connectivity index (χ3v) is 3.50. The number of hydrogen-bond acceptors (Lipinski definition) is 6. The molecule has 0 aliphatic heterocycles. The fourth-order valence-corrected chi connectivity index (χ4v) is 2.55. The Labute approximate surface area is 114 Å². The van der Waals surface area contributed by atoms with Crippen LogP contribution >= 0.6 is 11.3 Å². The van der Waals surface area contributed by atoms with Gasteiger partial charge in [0, 0.05) is 13.6 Å². The molecule has 0 amide bonds. The number of para-hydroxylation sites is 1. The second-order valence-electron chi connectivity index (χ2n) is 4.06. The average Bonchev–Trinajstić information content (AvgIpc) is 2.90. The predicted molar refractivity (Wildman–Crippen MR) is 77.3 cm³/mol. The third kappa shape index (κ3) is 2.83. The molecule has 0 spiro atoms. The maximum absolute atomic E-state index is 11.2. The maximum Gasteiger partial charge on any atom is 0.316 e. The first-order chi connectivity index (χ1) is 9.13. The minimum absolute atomic E-state index is 0.0114. The number of nitro benzene ring substituents is 1. The second-order valence-corrected chi connectivity index (χ2v) is 4.84. The van der Waals surface area contributed by atoms with Crippen molar-refractivity contribution < 1.29 is 4.92 Å². The number of benzene rings is 1. The van der Waals surface area contributed by atoms with E-state index in [9.17, 15) is 10.1 Å². The number of anilines is 2. The Hall–Kier alpha value is -2.12. The number of nitrogens with two attached hydrogens (primary N) is 1. The van der Waals surface area contributed by atoms with Gasteiger partial charge < -0.3 is 10.3 Å². The Morgan fingerprint density at radius 1 is 1.47 bits per heavy atom. The molecular weight excluding hydrogens is 264 g/mol. The summed E-state index contributed by atoms with van der Waals surface area (Å²) in [6.45, 7) is 0.609. The van der Waals surface area contributed by atoms with Crippen molar-refractivity contribution in [1.82, 2.24) is 0 Å². The molecule has 100 valence electrons. The minimum Gasteiger partial charge on any atom is -0.365 e. The van der Waals surface area contributed by atoms with Gasteiger partial charge in [-0.25, -0.2) is 0 Å². The molecule has 0 radical (unpaired) electrons. The first kappa shape index (κ1) is 13.3. The molecule has 0 atom stereocenters. The van der Waals surface area contributed by atoms with E-state index < -0.39 is 4.92 Å². The van der Waals surface area contributed by atoms with E-state index in [0.29, 0.717) is 17.9 Å². The summed E-state index contributed by atoms with van der Waals surface area (Å²) in [5, 5.41) is 15.2. The summed E-state index contributed by atoms with van der Waals surface area (Å²) in [4.78, 5) is 12.6. The van der Waals surface area contributed by atoms with Crippen LogP contribution in [-0.2, 0) is 6.54 Å². The molecule has 6 nitrogen and oxygen atoms in total. The minimum atomic E-state index is -0.422. The van der Waals surface area contributed by atoms with Gasteiger partial charge in [0.1, 0.15) is 11.4 Å². The molecule has 1 aromatic carbocycles. The maximum atomic E-state index is 11.2. The summed E-state index contributed by atoms with van der Waals surface area (Å²) in [5.74, 6) is 5.32. The predicted octanol–water partition coefficient (Wildman–Crippen LogP) is 2.58. The summed E-state index contributed by atoms with van der Waals surface area (Å²) in [6.07, 6.45) is 0. The molecule has 0 aliphatic rings. The molecule has 1 heterocycles. The molecule has 0 saturated carbocycles. The second kappa shape index (κ2) is 5.68. The smallest absolute Gasteiger partial charge is 0.316 e. The van der Waals surface area contributed by atoms with E-state index in [0.717, 1.165) is 5.56 Å². The van der Waals surface area contributed by atoms with Crippen LogP contribution in [0, 0.1) is 10.1 Å². The Bertz CT molecular complexity index is 571. The van der Waals surface area contributed by atoms with Gasteiger partial charge in [0.25, 0.3) is 0 Å². The van der Waals surface area contributed by atoms with Crippen LogP contribution in [-0.4, -0.2) is 12.0 Å². The zero-order chi connectivity index (χ0) is 13.8. The van der Waals surface area contributed by atoms with E-state index in [1.54, 1.807) is 29.5 Å². The summed E-state index contributed by atoms with van der Waals surface area (Å²) in [6, 6.07) is 7.03. The highest BCUT2D eigenvalue weighted by atomic mass is 32.1. The average molecular weight is 278 g/mol. The third-order valence-electron chi connectivity index (χ3n) is 2.76. The first-order valence-corrected chi connectivity index (χ1v) is 6.54. The standard InChI is InChI=1S/C12H14N4O2S/c1-15(7-9-5-6-19-8-9)11-4-2-3-10(14-13)12(11)16(17)18/h2-6,8,14H,7,13H2,1H3. The van der Waals surface area contributed by atoms with Crippen LogP contribution in [0.3, 0.4) is 0 Å². The van der Waals surface area contributed by atoms with E-state index in [1.165, 1.54) is 0 Å². The van der Waals surface area contributed by atoms with Crippen LogP contribution in [0.15, 0.2) is 35.0 Å². The van der Waals surface area contributed by atoms with Crippen LogP contribution in [0.2, 0.25) is 0 Å². The van der Waals surface area contributed by atoms with Crippen molar-refractivity contribution in [2.75, 3.05) is 17.4 Å². The highest BCUT2D eigenvalue weighted by Gasteiger charge is 2.21. The number of thiophene rings is 1. The Morgan fingerprint density at radius 3 is 2.84 bits per heavy atom. The van der Waals surface area contributed by atoms with Gasteiger partial charge in [-0.3, -0.25) is 16.0 Å². The van der Waals surface area contributed by atoms with Crippen molar-refractivity contribution in [2.45, 2.75) is 6.54 Å². The summed E-state index contributed by atoms with van der Waals surface area (Å²) in [5.41, 5.74) is 4.31. The van der Waals surface area contributed by atoms with Gasteiger partial charge in [0.2, 0.25) is 0 Å². The molecule has 0 unspecified atom stereocenters. The highest BCUT2D eigenvalue weighted by molar-refractivity contribution is 7.07. The van der Waals surface area contributed by atoms with E-state index in [4.69, 9.17) is 5.84 Å². The van der Waals surface area contributed by atoms with Gasteiger partial charge in [-0.05, 0) is 34.5 Å². The van der Waals surface area contributed by atoms with Crippen molar-refractivity contribution in [1.29, 1.82) is 0 Å². The number of nitro groups is 1. The Balaban J connectivity index is 2.35. The zero-order valence-electron chi connectivity index (χ0n) is 10.4. The molecule has 2 rings (SSSR count). The molecule has 1 aromatic heterocycles. The van der Waals surface area contributed by atoms with Crippen LogP contribution in [0.1, 0.15) is 5.56 Å². The lowest BCUT2D eigenvalue weighted by atomic mass is 10.2. The lowest BCUT2D eigenvalue weighted by Gasteiger charge is -2.19.